The van der Waals surface area contributed by atoms with Crippen molar-refractivity contribution < 1.29 is 9.53 Å². The molecule has 0 heterocycles. The van der Waals surface area contributed by atoms with E-state index in [-0.39, 0.29) is 12.1 Å². The van der Waals surface area contributed by atoms with Gasteiger partial charge in [-0.3, -0.25) is 0 Å². The van der Waals surface area contributed by atoms with Crippen molar-refractivity contribution in [3.8, 4) is 0 Å². The zero-order valence-corrected chi connectivity index (χ0v) is 19.1. The van der Waals surface area contributed by atoms with E-state index < -0.39 is 0 Å². The number of esters is 1. The van der Waals surface area contributed by atoms with E-state index in [0.717, 1.165) is 0 Å². The SMILES string of the molecule is CCCCCCCC(CCCCCCC)NC[C@H](C)OC(=O)c1ccc(N)cc1. The molecule has 0 fully saturated rings. The van der Waals surface area contributed by atoms with Gasteiger partial charge in [0.2, 0.25) is 0 Å². The Labute approximate surface area is 179 Å². The largest absolute Gasteiger partial charge is 0.458 e. The second kappa shape index (κ2) is 16.3. The number of nitrogen functional groups attached to an aromatic ring is 1. The Morgan fingerprint density at radius 3 is 1.93 bits per heavy atom. The molecule has 0 radical (unpaired) electrons. The number of anilines is 1. The number of hydrogen-bond acceptors (Lipinski definition) is 4. The minimum Gasteiger partial charge on any atom is -0.458 e. The normalized spacial score (nSPS) is 12.3. The van der Waals surface area contributed by atoms with Crippen molar-refractivity contribution >= 4 is 11.7 Å². The number of ether oxygens (including phenoxy) is 1. The molecule has 1 atom stereocenters. The van der Waals surface area contributed by atoms with Crippen LogP contribution in [0.15, 0.2) is 24.3 Å². The smallest absolute Gasteiger partial charge is 0.338 e. The number of carbonyl (C=O) groups is 1. The second-order valence-electron chi connectivity index (χ2n) is 8.35. The predicted octanol–water partition coefficient (Wildman–Crippen LogP) is 6.49. The van der Waals surface area contributed by atoms with Gasteiger partial charge in [0, 0.05) is 18.3 Å². The molecule has 3 N–H and O–H groups in total. The monoisotopic (exact) mass is 404 g/mol. The zero-order chi connectivity index (χ0) is 21.3. The van der Waals surface area contributed by atoms with Crippen LogP contribution >= 0.6 is 0 Å². The van der Waals surface area contributed by atoms with Gasteiger partial charge in [0.1, 0.15) is 6.10 Å². The molecule has 0 aliphatic rings. The first-order chi connectivity index (χ1) is 14.1. The van der Waals surface area contributed by atoms with Crippen LogP contribution in [-0.4, -0.2) is 24.7 Å². The topological polar surface area (TPSA) is 64.3 Å². The first-order valence-corrected chi connectivity index (χ1v) is 11.9. The maximum absolute atomic E-state index is 12.3. The molecule has 0 unspecified atom stereocenters. The Morgan fingerprint density at radius 1 is 0.897 bits per heavy atom. The van der Waals surface area contributed by atoms with E-state index in [1.54, 1.807) is 24.3 Å². The predicted molar refractivity (Wildman–Crippen MR) is 124 cm³/mol. The van der Waals surface area contributed by atoms with Crippen molar-refractivity contribution in [1.29, 1.82) is 0 Å². The lowest BCUT2D eigenvalue weighted by Gasteiger charge is -2.22. The van der Waals surface area contributed by atoms with Crippen LogP contribution in [0.5, 0.6) is 0 Å². The van der Waals surface area contributed by atoms with Gasteiger partial charge < -0.3 is 15.8 Å². The number of nitrogens with one attached hydrogen (secondary N) is 1. The van der Waals surface area contributed by atoms with Gasteiger partial charge >= 0.3 is 5.97 Å². The standard InChI is InChI=1S/C25H44N2O2/c1-4-6-8-10-12-14-24(15-13-11-9-7-5-2)27-20-21(3)29-25(28)22-16-18-23(26)19-17-22/h16-19,21,24,27H,4-15,20,26H2,1-3H3/t21-/m0/s1. The van der Waals surface area contributed by atoms with Crippen LogP contribution < -0.4 is 11.1 Å². The number of hydrogen-bond donors (Lipinski definition) is 2. The molecule has 0 amide bonds. The van der Waals surface area contributed by atoms with E-state index >= 15 is 0 Å². The van der Waals surface area contributed by atoms with E-state index in [2.05, 4.69) is 19.2 Å². The van der Waals surface area contributed by atoms with Crippen LogP contribution in [0.4, 0.5) is 5.69 Å². The summed E-state index contributed by atoms with van der Waals surface area (Å²) in [6.45, 7) is 7.18. The molecule has 1 aromatic carbocycles. The van der Waals surface area contributed by atoms with Gasteiger partial charge in [-0.25, -0.2) is 4.79 Å². The van der Waals surface area contributed by atoms with Crippen molar-refractivity contribution in [3.63, 3.8) is 0 Å². The van der Waals surface area contributed by atoms with Gasteiger partial charge in [-0.05, 0) is 44.0 Å². The Hall–Kier alpha value is -1.55. The van der Waals surface area contributed by atoms with Crippen molar-refractivity contribution in [3.05, 3.63) is 29.8 Å². The van der Waals surface area contributed by atoms with Crippen LogP contribution in [0, 0.1) is 0 Å². The zero-order valence-electron chi connectivity index (χ0n) is 19.1. The minimum absolute atomic E-state index is 0.150. The molecule has 166 valence electrons. The number of carbonyl (C=O) groups excluding carboxylic acids is 1. The lowest BCUT2D eigenvalue weighted by Crippen LogP contribution is -2.36. The molecule has 29 heavy (non-hydrogen) atoms. The molecular formula is C25H44N2O2. The maximum Gasteiger partial charge on any atom is 0.338 e. The molecule has 0 aliphatic heterocycles. The van der Waals surface area contributed by atoms with Gasteiger partial charge in [-0.15, -0.1) is 0 Å². The average Bonchev–Trinajstić information content (AvgIpc) is 2.71. The van der Waals surface area contributed by atoms with Gasteiger partial charge in [0.15, 0.2) is 0 Å². The summed E-state index contributed by atoms with van der Waals surface area (Å²) in [7, 11) is 0. The quantitative estimate of drug-likeness (QED) is 0.177. The fraction of sp³-hybridized carbons (Fsp3) is 0.720. The van der Waals surface area contributed by atoms with E-state index in [1.807, 2.05) is 6.92 Å². The number of rotatable bonds is 17. The van der Waals surface area contributed by atoms with E-state index in [4.69, 9.17) is 10.5 Å². The summed E-state index contributed by atoms with van der Waals surface area (Å²) >= 11 is 0. The Kier molecular flexibility index (Phi) is 14.3. The van der Waals surface area contributed by atoms with Crippen molar-refractivity contribution in [1.82, 2.24) is 5.32 Å². The first kappa shape index (κ1) is 25.5. The molecule has 0 spiro atoms. The molecule has 1 rings (SSSR count). The van der Waals surface area contributed by atoms with Gasteiger partial charge in [-0.1, -0.05) is 78.1 Å². The highest BCUT2D eigenvalue weighted by Gasteiger charge is 2.14. The van der Waals surface area contributed by atoms with Gasteiger partial charge in [-0.2, -0.15) is 0 Å². The Bertz CT molecular complexity index is 516. The molecule has 0 saturated heterocycles. The molecule has 0 bridgehead atoms. The fourth-order valence-corrected chi connectivity index (χ4v) is 3.58. The molecule has 0 saturated carbocycles. The summed E-state index contributed by atoms with van der Waals surface area (Å²) in [5.41, 5.74) is 6.88. The number of nitrogens with two attached hydrogens (primary N) is 1. The summed E-state index contributed by atoms with van der Waals surface area (Å²) in [5.74, 6) is -0.282. The van der Waals surface area contributed by atoms with Crippen molar-refractivity contribution in [2.75, 3.05) is 12.3 Å². The van der Waals surface area contributed by atoms with Crippen LogP contribution in [0.2, 0.25) is 0 Å². The highest BCUT2D eigenvalue weighted by Crippen LogP contribution is 2.14. The molecule has 4 nitrogen and oxygen atoms in total. The van der Waals surface area contributed by atoms with E-state index in [0.29, 0.717) is 23.8 Å². The van der Waals surface area contributed by atoms with E-state index in [9.17, 15) is 4.79 Å². The van der Waals surface area contributed by atoms with Crippen molar-refractivity contribution in [2.24, 2.45) is 0 Å². The third-order valence-corrected chi connectivity index (χ3v) is 5.46. The van der Waals surface area contributed by atoms with Gasteiger partial charge in [0.25, 0.3) is 0 Å². The lowest BCUT2D eigenvalue weighted by atomic mass is 10.0. The average molecular weight is 405 g/mol. The summed E-state index contributed by atoms with van der Waals surface area (Å²) in [4.78, 5) is 12.3. The lowest BCUT2D eigenvalue weighted by molar-refractivity contribution is 0.0335. The highest BCUT2D eigenvalue weighted by molar-refractivity contribution is 5.89. The van der Waals surface area contributed by atoms with E-state index in [1.165, 1.54) is 77.0 Å². The van der Waals surface area contributed by atoms with Crippen LogP contribution in [0.25, 0.3) is 0 Å². The summed E-state index contributed by atoms with van der Waals surface area (Å²) in [6, 6.07) is 7.41. The molecular weight excluding hydrogens is 360 g/mol. The third kappa shape index (κ3) is 12.6. The summed E-state index contributed by atoms with van der Waals surface area (Å²) in [5, 5.41) is 3.67. The molecule has 1 aromatic rings. The molecule has 0 aromatic heterocycles. The number of benzene rings is 1. The fourth-order valence-electron chi connectivity index (χ4n) is 3.58. The molecule has 4 heteroatoms. The van der Waals surface area contributed by atoms with Gasteiger partial charge in [0.05, 0.1) is 5.56 Å². The maximum atomic E-state index is 12.3. The van der Waals surface area contributed by atoms with Crippen LogP contribution in [0.3, 0.4) is 0 Å². The minimum atomic E-state index is -0.282. The van der Waals surface area contributed by atoms with Crippen molar-refractivity contribution in [2.45, 2.75) is 110 Å². The Balaban J connectivity index is 2.37. The summed E-state index contributed by atoms with van der Waals surface area (Å²) in [6.07, 6.45) is 15.4. The first-order valence-electron chi connectivity index (χ1n) is 11.9. The van der Waals surface area contributed by atoms with Crippen LogP contribution in [0.1, 0.15) is 108 Å². The molecule has 0 aliphatic carbocycles. The Morgan fingerprint density at radius 2 is 1.41 bits per heavy atom. The summed E-state index contributed by atoms with van der Waals surface area (Å²) < 4.78 is 5.60. The third-order valence-electron chi connectivity index (χ3n) is 5.46. The van der Waals surface area contributed by atoms with Crippen LogP contribution in [-0.2, 0) is 4.74 Å². The number of unbranched alkanes of at least 4 members (excludes halogenated alkanes) is 8. The second-order valence-corrected chi connectivity index (χ2v) is 8.35. The highest BCUT2D eigenvalue weighted by atomic mass is 16.5.